The van der Waals surface area contributed by atoms with Crippen LogP contribution in [-0.4, -0.2) is 23.9 Å². The van der Waals surface area contributed by atoms with Crippen molar-refractivity contribution in [3.8, 4) is 16.9 Å². The molecule has 0 bridgehead atoms. The van der Waals surface area contributed by atoms with Crippen molar-refractivity contribution in [1.82, 2.24) is 0 Å². The molecule has 0 spiro atoms. The molecule has 0 saturated carbocycles. The molecule has 1 aliphatic heterocycles. The van der Waals surface area contributed by atoms with Gasteiger partial charge in [-0.1, -0.05) is 29.8 Å². The van der Waals surface area contributed by atoms with Crippen LogP contribution in [0.25, 0.3) is 11.1 Å². The average molecular weight is 436 g/mol. The number of benzene rings is 3. The van der Waals surface area contributed by atoms with Gasteiger partial charge in [0.05, 0.1) is 22.6 Å². The predicted molar refractivity (Wildman–Crippen MR) is 107 cm³/mol. The summed E-state index contributed by atoms with van der Waals surface area (Å²) in [4.78, 5) is -0.269. The Morgan fingerprint density at radius 3 is 2.32 bits per heavy atom. The summed E-state index contributed by atoms with van der Waals surface area (Å²) in [5.41, 5.74) is 0.728. The van der Waals surface area contributed by atoms with Crippen LogP contribution in [-0.2, 0) is 20.0 Å². The molecule has 0 unspecified atom stereocenters. The average Bonchev–Trinajstić information content (AvgIpc) is 2.68. The third-order valence-corrected chi connectivity index (χ3v) is 8.85. The lowest BCUT2D eigenvalue weighted by molar-refractivity contribution is 0.415. The highest BCUT2D eigenvalue weighted by Gasteiger charge is 2.43. The first-order valence-electron chi connectivity index (χ1n) is 8.10. The van der Waals surface area contributed by atoms with E-state index in [1.807, 2.05) is 0 Å². The molecular weight excluding hydrogens is 422 g/mol. The summed E-state index contributed by atoms with van der Waals surface area (Å²) in [6.45, 7) is 0. The Morgan fingerprint density at radius 2 is 1.64 bits per heavy atom. The molecule has 0 aliphatic carbocycles. The van der Waals surface area contributed by atoms with Crippen molar-refractivity contribution >= 4 is 37.3 Å². The van der Waals surface area contributed by atoms with E-state index in [-0.39, 0.29) is 15.5 Å². The number of nitrogens with zero attached hydrogens (tertiary/aromatic N) is 1. The molecule has 0 saturated heterocycles. The van der Waals surface area contributed by atoms with Gasteiger partial charge in [-0.25, -0.2) is 8.42 Å². The standard InChI is InChI=1S/C19H14ClNO5S2/c1-26-14-8-9-18-16(12-14)17-11-13(20)7-10-19(17)28(24,25)21(18)27(22,23)15-5-3-2-4-6-15/h2-12H,1H3. The van der Waals surface area contributed by atoms with Crippen LogP contribution in [0.4, 0.5) is 5.69 Å². The van der Waals surface area contributed by atoms with Crippen molar-refractivity contribution in [2.24, 2.45) is 0 Å². The monoisotopic (exact) mass is 435 g/mol. The minimum atomic E-state index is -4.39. The second kappa shape index (κ2) is 6.51. The second-order valence-corrected chi connectivity index (χ2v) is 10.3. The van der Waals surface area contributed by atoms with E-state index < -0.39 is 20.0 Å². The molecule has 4 rings (SSSR count). The predicted octanol–water partition coefficient (Wildman–Crippen LogP) is 3.91. The molecule has 0 radical (unpaired) electrons. The molecule has 1 aliphatic rings. The molecule has 0 atom stereocenters. The number of ether oxygens (including phenoxy) is 1. The van der Waals surface area contributed by atoms with Gasteiger partial charge in [-0.3, -0.25) is 0 Å². The first kappa shape index (κ1) is 18.8. The maximum absolute atomic E-state index is 13.3. The first-order valence-corrected chi connectivity index (χ1v) is 11.4. The zero-order valence-electron chi connectivity index (χ0n) is 14.5. The Labute approximate surface area is 168 Å². The minimum absolute atomic E-state index is 0.0134. The lowest BCUT2D eigenvalue weighted by Gasteiger charge is -2.31. The minimum Gasteiger partial charge on any atom is -0.497 e. The highest BCUT2D eigenvalue weighted by Crippen LogP contribution is 2.47. The molecule has 9 heteroatoms. The van der Waals surface area contributed by atoms with Crippen molar-refractivity contribution in [3.05, 3.63) is 71.8 Å². The zero-order valence-corrected chi connectivity index (χ0v) is 16.9. The molecule has 144 valence electrons. The van der Waals surface area contributed by atoms with Gasteiger partial charge in [-0.05, 0) is 48.5 Å². The summed E-state index contributed by atoms with van der Waals surface area (Å²) in [6, 6.07) is 16.2. The van der Waals surface area contributed by atoms with Crippen LogP contribution in [0.2, 0.25) is 5.02 Å². The van der Waals surface area contributed by atoms with Crippen LogP contribution < -0.4 is 8.45 Å². The number of rotatable bonds is 3. The third-order valence-electron chi connectivity index (χ3n) is 4.39. The summed E-state index contributed by atoms with van der Waals surface area (Å²) >= 11 is 6.07. The number of hydrogen-bond donors (Lipinski definition) is 0. The smallest absolute Gasteiger partial charge is 0.278 e. The lowest BCUT2D eigenvalue weighted by Crippen LogP contribution is -2.39. The molecular formula is C19H14ClNO5S2. The van der Waals surface area contributed by atoms with Gasteiger partial charge >= 0.3 is 0 Å². The van der Waals surface area contributed by atoms with Crippen LogP contribution in [0.3, 0.4) is 0 Å². The lowest BCUT2D eigenvalue weighted by atomic mass is 10.0. The van der Waals surface area contributed by atoms with Crippen molar-refractivity contribution < 1.29 is 21.6 Å². The number of fused-ring (bicyclic) bond motifs is 3. The van der Waals surface area contributed by atoms with Gasteiger partial charge in [0.2, 0.25) is 0 Å². The number of hydrogen-bond acceptors (Lipinski definition) is 5. The van der Waals surface area contributed by atoms with Crippen LogP contribution >= 0.6 is 11.6 Å². The van der Waals surface area contributed by atoms with E-state index in [1.165, 1.54) is 61.7 Å². The SMILES string of the molecule is COc1ccc2c(c1)-c1cc(Cl)ccc1S(=O)(=O)N2S(=O)(=O)c1ccccc1. The highest BCUT2D eigenvalue weighted by atomic mass is 35.5. The van der Waals surface area contributed by atoms with E-state index in [1.54, 1.807) is 12.1 Å². The molecule has 6 nitrogen and oxygen atoms in total. The number of sulfonamides is 2. The number of halogens is 1. The molecule has 3 aromatic rings. The quantitative estimate of drug-likeness (QED) is 0.623. The van der Waals surface area contributed by atoms with Crippen molar-refractivity contribution in [3.63, 3.8) is 0 Å². The summed E-state index contributed by atoms with van der Waals surface area (Å²) < 4.78 is 58.9. The number of methoxy groups -OCH3 is 1. The molecule has 1 heterocycles. The van der Waals surface area contributed by atoms with Gasteiger partial charge in [-0.15, -0.1) is 0 Å². The van der Waals surface area contributed by atoms with Gasteiger partial charge < -0.3 is 4.74 Å². The maximum atomic E-state index is 13.3. The molecule has 0 fully saturated rings. The molecule has 0 aromatic heterocycles. The summed E-state index contributed by atoms with van der Waals surface area (Å²) in [7, 11) is -7.31. The molecule has 0 N–H and O–H groups in total. The van der Waals surface area contributed by atoms with E-state index in [4.69, 9.17) is 16.3 Å². The van der Waals surface area contributed by atoms with Crippen LogP contribution in [0, 0.1) is 0 Å². The van der Waals surface area contributed by atoms with Crippen molar-refractivity contribution in [2.45, 2.75) is 9.79 Å². The fourth-order valence-corrected chi connectivity index (χ4v) is 7.22. The summed E-state index contributed by atoms with van der Waals surface area (Å²) in [6.07, 6.45) is 0. The van der Waals surface area contributed by atoms with E-state index in [9.17, 15) is 16.8 Å². The molecule has 3 aromatic carbocycles. The molecule has 0 amide bonds. The summed E-state index contributed by atoms with van der Waals surface area (Å²) in [5, 5.41) is 0.335. The fraction of sp³-hybridized carbons (Fsp3) is 0.0526. The van der Waals surface area contributed by atoms with E-state index in [0.29, 0.717) is 25.6 Å². The van der Waals surface area contributed by atoms with Gasteiger partial charge in [0.15, 0.2) is 0 Å². The van der Waals surface area contributed by atoms with Crippen LogP contribution in [0.15, 0.2) is 76.5 Å². The normalized spacial score (nSPS) is 14.9. The Bertz CT molecular complexity index is 1290. The maximum Gasteiger partial charge on any atom is 0.278 e. The van der Waals surface area contributed by atoms with E-state index in [0.717, 1.165) is 0 Å². The van der Waals surface area contributed by atoms with Gasteiger partial charge in [0.1, 0.15) is 5.75 Å². The van der Waals surface area contributed by atoms with Gasteiger partial charge in [0, 0.05) is 16.1 Å². The third kappa shape index (κ3) is 2.76. The van der Waals surface area contributed by atoms with Crippen molar-refractivity contribution in [1.29, 1.82) is 0 Å². The summed E-state index contributed by atoms with van der Waals surface area (Å²) in [5.74, 6) is 0.459. The second-order valence-electron chi connectivity index (χ2n) is 6.04. The number of anilines is 1. The van der Waals surface area contributed by atoms with E-state index in [2.05, 4.69) is 0 Å². The zero-order chi connectivity index (χ0) is 20.1. The van der Waals surface area contributed by atoms with Crippen LogP contribution in [0.5, 0.6) is 5.75 Å². The van der Waals surface area contributed by atoms with Gasteiger partial charge in [-0.2, -0.15) is 12.1 Å². The van der Waals surface area contributed by atoms with Gasteiger partial charge in [0.25, 0.3) is 20.0 Å². The largest absolute Gasteiger partial charge is 0.497 e. The Balaban J connectivity index is 2.08. The molecule has 28 heavy (non-hydrogen) atoms. The van der Waals surface area contributed by atoms with Crippen molar-refractivity contribution in [2.75, 3.05) is 10.8 Å². The Hall–Kier alpha value is -2.55. The van der Waals surface area contributed by atoms with Crippen LogP contribution in [0.1, 0.15) is 0 Å². The van der Waals surface area contributed by atoms with E-state index >= 15 is 0 Å². The Morgan fingerprint density at radius 1 is 0.929 bits per heavy atom. The highest BCUT2D eigenvalue weighted by molar-refractivity contribution is 8.10. The first-order chi connectivity index (χ1) is 13.3. The fourth-order valence-electron chi connectivity index (χ4n) is 3.12. The Kier molecular flexibility index (Phi) is 4.37. The topological polar surface area (TPSA) is 80.8 Å².